The third-order valence-electron chi connectivity index (χ3n) is 8.66. The van der Waals surface area contributed by atoms with Gasteiger partial charge in [-0.3, -0.25) is 13.9 Å². The monoisotopic (exact) mass is 653 g/mol. The van der Waals surface area contributed by atoms with Crippen LogP contribution in [0.1, 0.15) is 48.8 Å². The number of anilines is 1. The Balaban J connectivity index is 1.57. The quantitative estimate of drug-likeness (QED) is 0.183. The molecule has 0 radical (unpaired) electrons. The van der Waals surface area contributed by atoms with Gasteiger partial charge in [0.2, 0.25) is 11.8 Å². The maximum atomic E-state index is 14.7. The fraction of sp³-hybridized carbons (Fsp3) is 0.316. The van der Waals surface area contributed by atoms with Crippen molar-refractivity contribution in [1.29, 1.82) is 0 Å². The Morgan fingerprint density at radius 2 is 1.40 bits per heavy atom. The van der Waals surface area contributed by atoms with Crippen molar-refractivity contribution >= 4 is 27.5 Å². The number of carbonyl (C=O) groups is 2. The summed E-state index contributed by atoms with van der Waals surface area (Å²) in [6.45, 7) is 1.47. The fourth-order valence-electron chi connectivity index (χ4n) is 6.06. The van der Waals surface area contributed by atoms with Gasteiger partial charge in [-0.25, -0.2) is 8.42 Å². The molecule has 0 saturated heterocycles. The van der Waals surface area contributed by atoms with E-state index in [-0.39, 0.29) is 35.5 Å². The van der Waals surface area contributed by atoms with Crippen LogP contribution in [0.2, 0.25) is 0 Å². The number of rotatable bonds is 13. The standard InChI is InChI=1S/C38H43N3O5S/c1-29-22-24-33(25-23-29)47(44,45)41(34-20-12-13-21-36(34)46-2)28-37(42)40(27-31-16-8-4-9-17-31)35(26-30-14-6-3-7-15-30)38(43)39-32-18-10-5-11-19-32/h3-4,6-9,12-17,20-25,32,35H,5,10-11,18-19,26-28H2,1-2H3,(H,39,43)/t35-/m1/s1. The molecule has 47 heavy (non-hydrogen) atoms. The molecule has 1 aliphatic rings. The lowest BCUT2D eigenvalue weighted by Gasteiger charge is -2.35. The van der Waals surface area contributed by atoms with Crippen molar-refractivity contribution < 1.29 is 22.7 Å². The van der Waals surface area contributed by atoms with Crippen molar-refractivity contribution in [3.05, 3.63) is 126 Å². The van der Waals surface area contributed by atoms with Gasteiger partial charge in [-0.1, -0.05) is 110 Å². The average Bonchev–Trinajstić information content (AvgIpc) is 3.10. The van der Waals surface area contributed by atoms with Gasteiger partial charge in [0.25, 0.3) is 10.0 Å². The van der Waals surface area contributed by atoms with E-state index in [1.807, 2.05) is 67.6 Å². The molecule has 0 heterocycles. The summed E-state index contributed by atoms with van der Waals surface area (Å²) in [6, 6.07) is 31.5. The minimum Gasteiger partial charge on any atom is -0.495 e. The maximum absolute atomic E-state index is 14.7. The smallest absolute Gasteiger partial charge is 0.264 e. The van der Waals surface area contributed by atoms with E-state index in [0.29, 0.717) is 5.75 Å². The third kappa shape index (κ3) is 8.60. The highest BCUT2D eigenvalue weighted by Crippen LogP contribution is 2.33. The molecule has 0 aliphatic heterocycles. The minimum atomic E-state index is -4.23. The number of ether oxygens (including phenoxy) is 1. The number of methoxy groups -OCH3 is 1. The topological polar surface area (TPSA) is 96.0 Å². The van der Waals surface area contributed by atoms with Crippen LogP contribution >= 0.6 is 0 Å². The molecule has 0 unspecified atom stereocenters. The Hall–Kier alpha value is -4.63. The molecule has 9 heteroatoms. The lowest BCUT2D eigenvalue weighted by Crippen LogP contribution is -2.55. The largest absolute Gasteiger partial charge is 0.495 e. The molecule has 1 aliphatic carbocycles. The Morgan fingerprint density at radius 3 is 2.04 bits per heavy atom. The molecule has 1 N–H and O–H groups in total. The van der Waals surface area contributed by atoms with E-state index in [9.17, 15) is 18.0 Å². The third-order valence-corrected chi connectivity index (χ3v) is 10.4. The van der Waals surface area contributed by atoms with Gasteiger partial charge in [0, 0.05) is 19.0 Å². The van der Waals surface area contributed by atoms with Gasteiger partial charge in [0.15, 0.2) is 0 Å². The van der Waals surface area contributed by atoms with Gasteiger partial charge in [-0.2, -0.15) is 0 Å². The molecule has 4 aromatic carbocycles. The zero-order chi connectivity index (χ0) is 33.2. The van der Waals surface area contributed by atoms with Crippen LogP contribution in [0.4, 0.5) is 5.69 Å². The first-order chi connectivity index (χ1) is 22.8. The lowest BCUT2D eigenvalue weighted by atomic mass is 9.94. The molecule has 2 amide bonds. The predicted molar refractivity (Wildman–Crippen MR) is 185 cm³/mol. The number of aryl methyl sites for hydroxylation is 1. The number of nitrogens with one attached hydrogen (secondary N) is 1. The van der Waals surface area contributed by atoms with E-state index < -0.39 is 28.5 Å². The molecule has 8 nitrogen and oxygen atoms in total. The van der Waals surface area contributed by atoms with Crippen molar-refractivity contribution in [3.8, 4) is 5.75 Å². The molecular weight excluding hydrogens is 611 g/mol. The zero-order valence-corrected chi connectivity index (χ0v) is 27.9. The zero-order valence-electron chi connectivity index (χ0n) is 27.0. The number of sulfonamides is 1. The van der Waals surface area contributed by atoms with Crippen molar-refractivity contribution in [2.45, 2.75) is 69.0 Å². The highest BCUT2D eigenvalue weighted by atomic mass is 32.2. The van der Waals surface area contributed by atoms with E-state index in [0.717, 1.165) is 53.1 Å². The minimum absolute atomic E-state index is 0.0372. The highest BCUT2D eigenvalue weighted by molar-refractivity contribution is 7.92. The molecular formula is C38H43N3O5S. The number of hydrogen-bond acceptors (Lipinski definition) is 5. The van der Waals surface area contributed by atoms with Crippen LogP contribution in [-0.2, 0) is 32.6 Å². The lowest BCUT2D eigenvalue weighted by molar-refractivity contribution is -0.140. The second-order valence-corrected chi connectivity index (χ2v) is 13.9. The summed E-state index contributed by atoms with van der Waals surface area (Å²) in [5.41, 5.74) is 2.87. The van der Waals surface area contributed by atoms with Gasteiger partial charge < -0.3 is 15.0 Å². The van der Waals surface area contributed by atoms with Crippen LogP contribution in [-0.4, -0.2) is 50.9 Å². The summed E-state index contributed by atoms with van der Waals surface area (Å²) < 4.78 is 35.3. The maximum Gasteiger partial charge on any atom is 0.264 e. The summed E-state index contributed by atoms with van der Waals surface area (Å²) in [4.78, 5) is 30.5. The summed E-state index contributed by atoms with van der Waals surface area (Å²) >= 11 is 0. The second-order valence-electron chi connectivity index (χ2n) is 12.1. The Kier molecular flexibility index (Phi) is 11.3. The fourth-order valence-corrected chi connectivity index (χ4v) is 7.49. The first-order valence-electron chi connectivity index (χ1n) is 16.2. The molecule has 4 aromatic rings. The SMILES string of the molecule is COc1ccccc1N(CC(=O)N(Cc1ccccc1)[C@H](Cc1ccccc1)C(=O)NC1CCCCC1)S(=O)(=O)c1ccc(C)cc1. The molecule has 1 atom stereocenters. The van der Waals surface area contributed by atoms with E-state index in [1.165, 1.54) is 24.1 Å². The number of benzene rings is 4. The van der Waals surface area contributed by atoms with Crippen molar-refractivity contribution in [2.75, 3.05) is 18.0 Å². The van der Waals surface area contributed by atoms with Crippen molar-refractivity contribution in [3.63, 3.8) is 0 Å². The molecule has 0 spiro atoms. The van der Waals surface area contributed by atoms with Crippen LogP contribution in [0.15, 0.2) is 114 Å². The number of amides is 2. The van der Waals surface area contributed by atoms with Crippen LogP contribution in [0, 0.1) is 6.92 Å². The van der Waals surface area contributed by atoms with E-state index in [1.54, 1.807) is 36.4 Å². The Labute approximate surface area is 278 Å². The van der Waals surface area contributed by atoms with Gasteiger partial charge in [-0.15, -0.1) is 0 Å². The van der Waals surface area contributed by atoms with E-state index in [4.69, 9.17) is 4.74 Å². The van der Waals surface area contributed by atoms with Gasteiger partial charge in [-0.05, 0) is 55.2 Å². The Bertz CT molecular complexity index is 1720. The normalized spacial score (nSPS) is 14.2. The summed E-state index contributed by atoms with van der Waals surface area (Å²) in [5, 5.41) is 3.24. The van der Waals surface area contributed by atoms with Crippen molar-refractivity contribution in [2.24, 2.45) is 0 Å². The summed E-state index contributed by atoms with van der Waals surface area (Å²) in [5.74, 6) is -0.438. The summed E-state index contributed by atoms with van der Waals surface area (Å²) in [6.07, 6.45) is 5.31. The first kappa shape index (κ1) is 33.7. The second kappa shape index (κ2) is 15.8. The Morgan fingerprint density at radius 1 is 0.809 bits per heavy atom. The molecule has 0 bridgehead atoms. The van der Waals surface area contributed by atoms with Crippen molar-refractivity contribution in [1.82, 2.24) is 10.2 Å². The van der Waals surface area contributed by atoms with Crippen LogP contribution < -0.4 is 14.4 Å². The first-order valence-corrected chi connectivity index (χ1v) is 17.6. The van der Waals surface area contributed by atoms with Crippen LogP contribution in [0.3, 0.4) is 0 Å². The predicted octanol–water partition coefficient (Wildman–Crippen LogP) is 6.29. The van der Waals surface area contributed by atoms with E-state index in [2.05, 4.69) is 5.32 Å². The highest BCUT2D eigenvalue weighted by Gasteiger charge is 2.36. The molecule has 246 valence electrons. The van der Waals surface area contributed by atoms with Crippen LogP contribution in [0.5, 0.6) is 5.75 Å². The average molecular weight is 654 g/mol. The summed E-state index contributed by atoms with van der Waals surface area (Å²) in [7, 11) is -2.76. The number of nitrogens with zero attached hydrogens (tertiary/aromatic N) is 2. The molecule has 1 fully saturated rings. The van der Waals surface area contributed by atoms with Gasteiger partial charge in [0.1, 0.15) is 18.3 Å². The van der Waals surface area contributed by atoms with Crippen LogP contribution in [0.25, 0.3) is 0 Å². The number of carbonyl (C=O) groups excluding carboxylic acids is 2. The van der Waals surface area contributed by atoms with Gasteiger partial charge >= 0.3 is 0 Å². The molecule has 5 rings (SSSR count). The number of para-hydroxylation sites is 2. The number of hydrogen-bond donors (Lipinski definition) is 1. The molecule has 0 aromatic heterocycles. The van der Waals surface area contributed by atoms with Gasteiger partial charge in [0.05, 0.1) is 17.7 Å². The van der Waals surface area contributed by atoms with E-state index >= 15 is 0 Å². The molecule has 1 saturated carbocycles.